The number of nitrogens with one attached hydrogen (secondary N) is 1. The summed E-state index contributed by atoms with van der Waals surface area (Å²) in [5.74, 6) is 2.56. The molecule has 20 heavy (non-hydrogen) atoms. The SMILES string of the molecule is CNC1CC2(CCC(C)C(C)C2)Oc2ccc(Cl)cc21. The summed E-state index contributed by atoms with van der Waals surface area (Å²) in [6, 6.07) is 6.35. The molecule has 1 saturated carbocycles. The van der Waals surface area contributed by atoms with Crippen molar-refractivity contribution < 1.29 is 4.74 Å². The zero-order chi connectivity index (χ0) is 14.3. The van der Waals surface area contributed by atoms with Gasteiger partial charge in [0.2, 0.25) is 0 Å². The van der Waals surface area contributed by atoms with Crippen LogP contribution < -0.4 is 10.1 Å². The Balaban J connectivity index is 1.93. The van der Waals surface area contributed by atoms with Crippen molar-refractivity contribution in [3.8, 4) is 5.75 Å². The lowest BCUT2D eigenvalue weighted by Crippen LogP contribution is -2.48. The maximum atomic E-state index is 6.47. The molecule has 3 rings (SSSR count). The van der Waals surface area contributed by atoms with Gasteiger partial charge in [0.05, 0.1) is 0 Å². The number of hydrogen-bond acceptors (Lipinski definition) is 2. The lowest BCUT2D eigenvalue weighted by Gasteiger charge is -2.47. The fourth-order valence-corrected chi connectivity index (χ4v) is 4.02. The van der Waals surface area contributed by atoms with Crippen LogP contribution in [0.3, 0.4) is 0 Å². The second kappa shape index (κ2) is 5.23. The van der Waals surface area contributed by atoms with Gasteiger partial charge in [-0.05, 0) is 56.3 Å². The second-order valence-electron chi connectivity index (χ2n) is 6.71. The van der Waals surface area contributed by atoms with Gasteiger partial charge in [0.1, 0.15) is 11.4 Å². The highest BCUT2D eigenvalue weighted by Gasteiger charge is 2.44. The molecule has 0 amide bonds. The van der Waals surface area contributed by atoms with Crippen LogP contribution in [0, 0.1) is 11.8 Å². The molecule has 1 aliphatic carbocycles. The van der Waals surface area contributed by atoms with E-state index in [-0.39, 0.29) is 5.60 Å². The Kier molecular flexibility index (Phi) is 3.72. The summed E-state index contributed by atoms with van der Waals surface area (Å²) in [5, 5.41) is 4.23. The van der Waals surface area contributed by atoms with Crippen molar-refractivity contribution in [3.63, 3.8) is 0 Å². The maximum absolute atomic E-state index is 6.47. The lowest BCUT2D eigenvalue weighted by atomic mass is 9.69. The summed E-state index contributed by atoms with van der Waals surface area (Å²) in [5.41, 5.74) is 1.22. The molecule has 1 spiro atoms. The minimum absolute atomic E-state index is 0.0143. The van der Waals surface area contributed by atoms with Crippen LogP contribution in [0.25, 0.3) is 0 Å². The molecule has 4 unspecified atom stereocenters. The molecule has 1 N–H and O–H groups in total. The van der Waals surface area contributed by atoms with E-state index in [0.717, 1.165) is 35.4 Å². The van der Waals surface area contributed by atoms with Crippen LogP contribution in [-0.4, -0.2) is 12.6 Å². The van der Waals surface area contributed by atoms with Gasteiger partial charge < -0.3 is 10.1 Å². The van der Waals surface area contributed by atoms with Crippen molar-refractivity contribution in [2.45, 2.75) is 51.2 Å². The van der Waals surface area contributed by atoms with Crippen molar-refractivity contribution in [1.29, 1.82) is 0 Å². The molecule has 1 heterocycles. The summed E-state index contributed by atoms with van der Waals surface area (Å²) in [6.45, 7) is 4.73. The van der Waals surface area contributed by atoms with Crippen LogP contribution in [0.1, 0.15) is 51.1 Å². The molecule has 2 aliphatic rings. The van der Waals surface area contributed by atoms with Crippen LogP contribution in [0.15, 0.2) is 18.2 Å². The second-order valence-corrected chi connectivity index (χ2v) is 7.15. The van der Waals surface area contributed by atoms with Crippen molar-refractivity contribution in [2.24, 2.45) is 11.8 Å². The first kappa shape index (κ1) is 14.2. The van der Waals surface area contributed by atoms with Gasteiger partial charge in [0.25, 0.3) is 0 Å². The summed E-state index contributed by atoms with van der Waals surface area (Å²) >= 11 is 6.14. The Bertz CT molecular complexity index is 504. The summed E-state index contributed by atoms with van der Waals surface area (Å²) in [7, 11) is 2.03. The Morgan fingerprint density at radius 3 is 2.75 bits per heavy atom. The summed E-state index contributed by atoms with van der Waals surface area (Å²) in [4.78, 5) is 0. The van der Waals surface area contributed by atoms with Crippen LogP contribution in [0.2, 0.25) is 5.02 Å². The molecule has 1 fully saturated rings. The highest BCUT2D eigenvalue weighted by molar-refractivity contribution is 6.30. The minimum atomic E-state index is 0.0143. The van der Waals surface area contributed by atoms with E-state index in [1.54, 1.807) is 0 Å². The summed E-state index contributed by atoms with van der Waals surface area (Å²) < 4.78 is 6.47. The minimum Gasteiger partial charge on any atom is -0.487 e. The number of ether oxygens (including phenoxy) is 1. The first-order chi connectivity index (χ1) is 9.53. The predicted molar refractivity (Wildman–Crippen MR) is 83.4 cm³/mol. The highest BCUT2D eigenvalue weighted by atomic mass is 35.5. The van der Waals surface area contributed by atoms with E-state index in [0.29, 0.717) is 6.04 Å². The predicted octanol–water partition coefficient (Wildman–Crippen LogP) is 4.58. The van der Waals surface area contributed by atoms with E-state index < -0.39 is 0 Å². The number of benzene rings is 1. The lowest BCUT2D eigenvalue weighted by molar-refractivity contribution is -0.0316. The smallest absolute Gasteiger partial charge is 0.125 e. The first-order valence-electron chi connectivity index (χ1n) is 7.69. The molecule has 0 saturated heterocycles. The topological polar surface area (TPSA) is 21.3 Å². The number of hydrogen-bond donors (Lipinski definition) is 1. The molecule has 4 atom stereocenters. The monoisotopic (exact) mass is 293 g/mol. The molecule has 3 heteroatoms. The highest BCUT2D eigenvalue weighted by Crippen LogP contribution is 2.48. The average Bonchev–Trinajstić information content (AvgIpc) is 2.43. The maximum Gasteiger partial charge on any atom is 0.125 e. The van der Waals surface area contributed by atoms with E-state index in [1.165, 1.54) is 18.4 Å². The van der Waals surface area contributed by atoms with E-state index in [9.17, 15) is 0 Å². The molecule has 1 aromatic rings. The van der Waals surface area contributed by atoms with Crippen molar-refractivity contribution in [1.82, 2.24) is 5.32 Å². The van der Waals surface area contributed by atoms with E-state index in [4.69, 9.17) is 16.3 Å². The van der Waals surface area contributed by atoms with Crippen LogP contribution in [-0.2, 0) is 0 Å². The Morgan fingerprint density at radius 2 is 2.05 bits per heavy atom. The van der Waals surface area contributed by atoms with Crippen LogP contribution in [0.5, 0.6) is 5.75 Å². The normalized spacial score (nSPS) is 36.5. The molecular formula is C17H24ClNO. The fourth-order valence-electron chi connectivity index (χ4n) is 3.84. The van der Waals surface area contributed by atoms with Gasteiger partial charge in [-0.15, -0.1) is 0 Å². The van der Waals surface area contributed by atoms with Gasteiger partial charge in [-0.3, -0.25) is 0 Å². The van der Waals surface area contributed by atoms with E-state index in [2.05, 4.69) is 19.2 Å². The average molecular weight is 294 g/mol. The fraction of sp³-hybridized carbons (Fsp3) is 0.647. The standard InChI is InChI=1S/C17H24ClNO/c1-11-6-7-17(9-12(11)2)10-15(19-3)14-8-13(18)4-5-16(14)20-17/h4-5,8,11-12,15,19H,6-7,9-10H2,1-3H3. The molecule has 1 aromatic carbocycles. The third-order valence-corrected chi connectivity index (χ3v) is 5.55. The molecule has 2 nitrogen and oxygen atoms in total. The largest absolute Gasteiger partial charge is 0.487 e. The molecule has 0 bridgehead atoms. The van der Waals surface area contributed by atoms with Gasteiger partial charge >= 0.3 is 0 Å². The Morgan fingerprint density at radius 1 is 1.25 bits per heavy atom. The third-order valence-electron chi connectivity index (χ3n) is 5.32. The quantitative estimate of drug-likeness (QED) is 0.818. The zero-order valence-corrected chi connectivity index (χ0v) is 13.3. The molecular weight excluding hydrogens is 270 g/mol. The molecule has 0 radical (unpaired) electrons. The van der Waals surface area contributed by atoms with Gasteiger partial charge in [-0.1, -0.05) is 25.4 Å². The molecule has 110 valence electrons. The van der Waals surface area contributed by atoms with E-state index in [1.807, 2.05) is 25.2 Å². The summed E-state index contributed by atoms with van der Waals surface area (Å²) in [6.07, 6.45) is 4.64. The number of halogens is 1. The number of rotatable bonds is 1. The van der Waals surface area contributed by atoms with Gasteiger partial charge in [0.15, 0.2) is 0 Å². The number of fused-ring (bicyclic) bond motifs is 1. The van der Waals surface area contributed by atoms with Crippen LogP contribution in [0.4, 0.5) is 0 Å². The van der Waals surface area contributed by atoms with Crippen molar-refractivity contribution >= 4 is 11.6 Å². The van der Waals surface area contributed by atoms with Crippen molar-refractivity contribution in [3.05, 3.63) is 28.8 Å². The molecule has 0 aromatic heterocycles. The van der Waals surface area contributed by atoms with Crippen LogP contribution >= 0.6 is 11.6 Å². The van der Waals surface area contributed by atoms with Crippen molar-refractivity contribution in [2.75, 3.05) is 7.05 Å². The van der Waals surface area contributed by atoms with E-state index >= 15 is 0 Å². The van der Waals surface area contributed by atoms with Gasteiger partial charge in [-0.25, -0.2) is 0 Å². The first-order valence-corrected chi connectivity index (χ1v) is 8.06. The molecule has 1 aliphatic heterocycles. The Labute approximate surface area is 126 Å². The third kappa shape index (κ3) is 2.44. The van der Waals surface area contributed by atoms with Gasteiger partial charge in [0, 0.05) is 23.0 Å². The zero-order valence-electron chi connectivity index (χ0n) is 12.6. The Hall–Kier alpha value is -0.730. The van der Waals surface area contributed by atoms with Gasteiger partial charge in [-0.2, -0.15) is 0 Å².